The molecule has 1 saturated heterocycles. The van der Waals surface area contributed by atoms with Gasteiger partial charge in [-0.2, -0.15) is 0 Å². The van der Waals surface area contributed by atoms with Gasteiger partial charge in [0, 0.05) is 24.8 Å². The Morgan fingerprint density at radius 2 is 1.20 bits per heavy atom. The number of nitrogens with zero attached hydrogens (tertiary/aromatic N) is 1. The number of halogens is 1. The van der Waals surface area contributed by atoms with Crippen molar-refractivity contribution in [1.82, 2.24) is 0 Å². The van der Waals surface area contributed by atoms with Crippen molar-refractivity contribution in [2.45, 2.75) is 37.6 Å². The summed E-state index contributed by atoms with van der Waals surface area (Å²) in [7, 11) is 0. The number of esters is 3. The molecule has 1 aliphatic heterocycles. The Kier molecular flexibility index (Phi) is 11.6. The van der Waals surface area contributed by atoms with Crippen molar-refractivity contribution in [2.75, 3.05) is 5.75 Å². The second kappa shape index (κ2) is 16.2. The van der Waals surface area contributed by atoms with Crippen LogP contribution in [0.15, 0.2) is 109 Å². The number of nitro benzene ring substituents is 1. The number of hydrogen-bond donors (Lipinski definition) is 0. The third kappa shape index (κ3) is 9.02. The average molecular weight is 706 g/mol. The molecule has 252 valence electrons. The van der Waals surface area contributed by atoms with Gasteiger partial charge in [-0.3, -0.25) is 14.9 Å². The Morgan fingerprint density at radius 1 is 0.735 bits per heavy atom. The van der Waals surface area contributed by atoms with Crippen LogP contribution in [-0.2, 0) is 23.7 Å². The van der Waals surface area contributed by atoms with Gasteiger partial charge >= 0.3 is 17.9 Å². The van der Waals surface area contributed by atoms with Crippen molar-refractivity contribution < 1.29 is 47.8 Å². The first-order valence-electron chi connectivity index (χ1n) is 14.8. The highest BCUT2D eigenvalue weighted by atomic mass is 35.5. The van der Waals surface area contributed by atoms with Crippen LogP contribution in [0.1, 0.15) is 38.0 Å². The molecule has 4 aromatic carbocycles. The van der Waals surface area contributed by atoms with E-state index in [1.807, 2.05) is 0 Å². The molecule has 0 unspecified atom stereocenters. The number of non-ortho nitro benzene ring substituents is 1. The first-order valence-corrected chi connectivity index (χ1v) is 16.1. The first-order chi connectivity index (χ1) is 23.6. The highest BCUT2D eigenvalue weighted by Crippen LogP contribution is 2.36. The molecular weight excluding hydrogens is 678 g/mol. The van der Waals surface area contributed by atoms with E-state index in [2.05, 4.69) is 0 Å². The van der Waals surface area contributed by atoms with Gasteiger partial charge in [0.15, 0.2) is 17.3 Å². The van der Waals surface area contributed by atoms with Crippen LogP contribution >= 0.6 is 23.4 Å². The molecule has 1 heterocycles. The number of benzene rings is 4. The molecule has 5 atom stereocenters. The maximum atomic E-state index is 13.6. The summed E-state index contributed by atoms with van der Waals surface area (Å²) in [5, 5.41) is 10.9. The molecule has 0 amide bonds. The van der Waals surface area contributed by atoms with Gasteiger partial charge in [-0.25, -0.2) is 14.4 Å². The van der Waals surface area contributed by atoms with E-state index in [1.54, 1.807) is 54.6 Å². The number of ether oxygens (including phenoxy) is 5. The summed E-state index contributed by atoms with van der Waals surface area (Å²) in [5.41, 5.74) is 0.130. The van der Waals surface area contributed by atoms with Gasteiger partial charge in [-0.1, -0.05) is 78.0 Å². The minimum atomic E-state index is -1.61. The monoisotopic (exact) mass is 705 g/mol. The predicted molar refractivity (Wildman–Crippen MR) is 177 cm³/mol. The lowest BCUT2D eigenvalue weighted by Gasteiger charge is -2.44. The summed E-state index contributed by atoms with van der Waals surface area (Å²) in [6, 6.07) is 27.3. The summed E-state index contributed by atoms with van der Waals surface area (Å²) in [4.78, 5) is 63.3. The average Bonchev–Trinajstić information content (AvgIpc) is 3.11. The molecule has 0 saturated carbocycles. The van der Waals surface area contributed by atoms with E-state index in [4.69, 9.17) is 35.3 Å². The van der Waals surface area contributed by atoms with E-state index in [0.29, 0.717) is 0 Å². The van der Waals surface area contributed by atoms with Gasteiger partial charge < -0.3 is 23.7 Å². The lowest BCUT2D eigenvalue weighted by molar-refractivity contribution is -0.384. The Labute approximate surface area is 289 Å². The summed E-state index contributed by atoms with van der Waals surface area (Å²) < 4.78 is 30.2. The maximum Gasteiger partial charge on any atom is 0.338 e. The van der Waals surface area contributed by atoms with Crippen LogP contribution in [0.25, 0.3) is 0 Å². The number of thioether (sulfide) groups is 1. The van der Waals surface area contributed by atoms with Crippen LogP contribution in [0.2, 0.25) is 5.02 Å². The molecule has 0 aliphatic carbocycles. The minimum Gasteiger partial charge on any atom is -0.459 e. The molecule has 0 spiro atoms. The fraction of sp³-hybridized carbons (Fsp3) is 0.200. The van der Waals surface area contributed by atoms with Gasteiger partial charge in [-0.05, 0) is 42.5 Å². The van der Waals surface area contributed by atoms with Gasteiger partial charge in [0.05, 0.1) is 26.6 Å². The minimum absolute atomic E-state index is 0.0936. The quantitative estimate of drug-likeness (QED) is 0.0742. The second-order valence-electron chi connectivity index (χ2n) is 10.5. The SMILES string of the molecule is CC(=O)SC[C@H]1O[C@@H](Oc2ccc([N+](=O)[O-])cc2Cl)[C@H](OC(=O)c2ccccc2)[C@@H](OC(=O)c2ccccc2)[C@@H]1OC(=O)c1ccccc1. The molecule has 1 aliphatic rings. The van der Waals surface area contributed by atoms with Gasteiger partial charge in [0.1, 0.15) is 11.9 Å². The van der Waals surface area contributed by atoms with Crippen molar-refractivity contribution in [3.8, 4) is 5.75 Å². The van der Waals surface area contributed by atoms with Crippen LogP contribution in [0.5, 0.6) is 5.75 Å². The van der Waals surface area contributed by atoms with Gasteiger partial charge in [0.2, 0.25) is 12.4 Å². The van der Waals surface area contributed by atoms with E-state index in [0.717, 1.165) is 23.9 Å². The molecule has 1 fully saturated rings. The summed E-state index contributed by atoms with van der Waals surface area (Å²) in [6.07, 6.45) is -7.39. The normalized spacial score (nSPS) is 20.0. The number of hydrogen-bond acceptors (Lipinski definition) is 12. The van der Waals surface area contributed by atoms with Gasteiger partial charge in [-0.15, -0.1) is 0 Å². The number of nitro groups is 1. The van der Waals surface area contributed by atoms with Crippen LogP contribution in [0, 0.1) is 10.1 Å². The standard InChI is InChI=1S/C35H28ClNO11S/c1-21(38)49-20-28-29(46-32(39)22-11-5-2-6-12-22)30(47-33(40)23-13-7-3-8-14-23)31(48-34(41)24-15-9-4-10-16-24)35(45-28)44-27-18-17-25(37(42)43)19-26(27)36/h2-19,28-31,35H,20H2,1H3/t28-,29-,30+,31-,35-/m1/s1. The topological polar surface area (TPSA) is 158 Å². The molecule has 0 bridgehead atoms. The lowest BCUT2D eigenvalue weighted by Crippen LogP contribution is -2.63. The van der Waals surface area contributed by atoms with Crippen LogP contribution in [-0.4, -0.2) is 64.4 Å². The van der Waals surface area contributed by atoms with Crippen LogP contribution in [0.3, 0.4) is 0 Å². The van der Waals surface area contributed by atoms with E-state index < -0.39 is 53.5 Å². The van der Waals surface area contributed by atoms with E-state index >= 15 is 0 Å². The van der Waals surface area contributed by atoms with Crippen molar-refractivity contribution in [3.05, 3.63) is 141 Å². The summed E-state index contributed by atoms with van der Waals surface area (Å²) >= 11 is 7.20. The molecule has 0 N–H and O–H groups in total. The Hall–Kier alpha value is -5.24. The molecule has 12 nitrogen and oxygen atoms in total. The van der Waals surface area contributed by atoms with Crippen molar-refractivity contribution in [3.63, 3.8) is 0 Å². The predicted octanol–water partition coefficient (Wildman–Crippen LogP) is 6.31. The number of carbonyl (C=O) groups excluding carboxylic acids is 4. The maximum absolute atomic E-state index is 13.6. The van der Waals surface area contributed by atoms with Crippen molar-refractivity contribution >= 4 is 52.1 Å². The summed E-state index contributed by atoms with van der Waals surface area (Å²) in [5.74, 6) is -2.71. The van der Waals surface area contributed by atoms with E-state index in [-0.39, 0.29) is 44.0 Å². The third-order valence-electron chi connectivity index (χ3n) is 7.17. The Balaban J connectivity index is 1.60. The molecular formula is C35H28ClNO11S. The zero-order chi connectivity index (χ0) is 34.9. The molecule has 5 rings (SSSR count). The molecule has 14 heteroatoms. The first kappa shape index (κ1) is 35.1. The summed E-state index contributed by atoms with van der Waals surface area (Å²) in [6.45, 7) is 1.33. The molecule has 0 aromatic heterocycles. The van der Waals surface area contributed by atoms with Crippen LogP contribution in [0.4, 0.5) is 5.69 Å². The molecule has 49 heavy (non-hydrogen) atoms. The number of carbonyl (C=O) groups is 4. The third-order valence-corrected chi connectivity index (χ3v) is 8.37. The van der Waals surface area contributed by atoms with Gasteiger partial charge in [0.25, 0.3) is 5.69 Å². The molecule has 4 aromatic rings. The van der Waals surface area contributed by atoms with E-state index in [1.165, 1.54) is 49.4 Å². The zero-order valence-electron chi connectivity index (χ0n) is 25.7. The smallest absolute Gasteiger partial charge is 0.338 e. The fourth-order valence-corrected chi connectivity index (χ4v) is 5.72. The highest BCUT2D eigenvalue weighted by molar-refractivity contribution is 8.13. The van der Waals surface area contributed by atoms with E-state index in [9.17, 15) is 29.3 Å². The van der Waals surface area contributed by atoms with Crippen molar-refractivity contribution in [1.29, 1.82) is 0 Å². The lowest BCUT2D eigenvalue weighted by atomic mass is 9.98. The van der Waals surface area contributed by atoms with Crippen molar-refractivity contribution in [2.24, 2.45) is 0 Å². The zero-order valence-corrected chi connectivity index (χ0v) is 27.3. The number of rotatable bonds is 11. The Bertz CT molecular complexity index is 1810. The highest BCUT2D eigenvalue weighted by Gasteiger charge is 2.54. The second-order valence-corrected chi connectivity index (χ2v) is 12.1. The largest absolute Gasteiger partial charge is 0.459 e. The molecule has 0 radical (unpaired) electrons. The Morgan fingerprint density at radius 3 is 1.65 bits per heavy atom. The van der Waals surface area contributed by atoms with Crippen LogP contribution < -0.4 is 4.74 Å². The fourth-order valence-electron chi connectivity index (χ4n) is 4.83.